The Balaban J connectivity index is 2.24. The molecule has 0 aliphatic carbocycles. The summed E-state index contributed by atoms with van der Waals surface area (Å²) in [6.45, 7) is 2.32. The standard InChI is InChI=1S/C13H16N4O3S2/c1-3-7-17(2)22(19,20)11-6-4-5-10(8-11)12(18)15-13-16-14-9-21-13/h4-6,8-9H,3,7H2,1-2H3,(H,15,16,18). The van der Waals surface area contributed by atoms with Crippen molar-refractivity contribution in [2.45, 2.75) is 18.2 Å². The lowest BCUT2D eigenvalue weighted by Crippen LogP contribution is -2.27. The second kappa shape index (κ2) is 6.95. The van der Waals surface area contributed by atoms with Gasteiger partial charge in [-0.2, -0.15) is 0 Å². The molecule has 0 aliphatic rings. The molecule has 0 saturated heterocycles. The average Bonchev–Trinajstić information content (AvgIpc) is 3.00. The number of rotatable bonds is 6. The number of amides is 1. The minimum atomic E-state index is -3.59. The molecular formula is C13H16N4O3S2. The summed E-state index contributed by atoms with van der Waals surface area (Å²) in [7, 11) is -2.07. The Morgan fingerprint density at radius 3 is 2.82 bits per heavy atom. The van der Waals surface area contributed by atoms with E-state index in [0.717, 1.165) is 0 Å². The van der Waals surface area contributed by atoms with Gasteiger partial charge in [-0.15, -0.1) is 10.2 Å². The zero-order valence-corrected chi connectivity index (χ0v) is 13.8. The lowest BCUT2D eigenvalue weighted by atomic mass is 10.2. The predicted molar refractivity (Wildman–Crippen MR) is 84.4 cm³/mol. The molecule has 118 valence electrons. The van der Waals surface area contributed by atoms with E-state index in [1.165, 1.54) is 40.3 Å². The summed E-state index contributed by atoms with van der Waals surface area (Å²) < 4.78 is 26.0. The average molecular weight is 340 g/mol. The van der Waals surface area contributed by atoms with E-state index in [1.807, 2.05) is 6.92 Å². The minimum Gasteiger partial charge on any atom is -0.296 e. The lowest BCUT2D eigenvalue weighted by Gasteiger charge is -2.16. The number of aromatic nitrogens is 2. The molecule has 0 unspecified atom stereocenters. The Hall–Kier alpha value is -1.84. The maximum Gasteiger partial charge on any atom is 0.257 e. The molecule has 0 aliphatic heterocycles. The van der Waals surface area contributed by atoms with Gasteiger partial charge in [0.15, 0.2) is 0 Å². The molecule has 2 aromatic rings. The van der Waals surface area contributed by atoms with Gasteiger partial charge < -0.3 is 0 Å². The van der Waals surface area contributed by atoms with Crippen molar-refractivity contribution >= 4 is 32.4 Å². The monoisotopic (exact) mass is 340 g/mol. The van der Waals surface area contributed by atoms with Crippen molar-refractivity contribution in [3.8, 4) is 0 Å². The molecule has 0 bridgehead atoms. The van der Waals surface area contributed by atoms with Crippen LogP contribution in [0.4, 0.5) is 5.13 Å². The Morgan fingerprint density at radius 2 is 2.18 bits per heavy atom. The van der Waals surface area contributed by atoms with E-state index < -0.39 is 15.9 Å². The number of benzene rings is 1. The van der Waals surface area contributed by atoms with Crippen LogP contribution in [0.2, 0.25) is 0 Å². The molecule has 1 amide bonds. The quantitative estimate of drug-likeness (QED) is 0.866. The van der Waals surface area contributed by atoms with Gasteiger partial charge >= 0.3 is 0 Å². The van der Waals surface area contributed by atoms with E-state index in [-0.39, 0.29) is 10.5 Å². The molecule has 9 heteroatoms. The van der Waals surface area contributed by atoms with Crippen LogP contribution < -0.4 is 5.32 Å². The topological polar surface area (TPSA) is 92.3 Å². The summed E-state index contributed by atoms with van der Waals surface area (Å²) >= 11 is 1.19. The van der Waals surface area contributed by atoms with Gasteiger partial charge in [0.05, 0.1) is 4.90 Å². The highest BCUT2D eigenvalue weighted by Gasteiger charge is 2.21. The van der Waals surface area contributed by atoms with E-state index in [0.29, 0.717) is 18.1 Å². The van der Waals surface area contributed by atoms with Crippen LogP contribution in [0.25, 0.3) is 0 Å². The third-order valence-electron chi connectivity index (χ3n) is 2.92. The smallest absolute Gasteiger partial charge is 0.257 e. The normalized spacial score (nSPS) is 11.6. The molecule has 0 fully saturated rings. The Kier molecular flexibility index (Phi) is 5.22. The van der Waals surface area contributed by atoms with Crippen LogP contribution >= 0.6 is 11.3 Å². The van der Waals surface area contributed by atoms with Crippen molar-refractivity contribution in [3.05, 3.63) is 35.3 Å². The highest BCUT2D eigenvalue weighted by molar-refractivity contribution is 7.89. The Labute approximate surface area is 133 Å². The SMILES string of the molecule is CCCN(C)S(=O)(=O)c1cccc(C(=O)Nc2nncs2)c1. The first-order chi connectivity index (χ1) is 10.4. The molecule has 0 atom stereocenters. The largest absolute Gasteiger partial charge is 0.296 e. The fraction of sp³-hybridized carbons (Fsp3) is 0.308. The van der Waals surface area contributed by atoms with Crippen LogP contribution in [0.15, 0.2) is 34.7 Å². The number of hydrogen-bond donors (Lipinski definition) is 1. The number of anilines is 1. The molecule has 22 heavy (non-hydrogen) atoms. The molecule has 0 radical (unpaired) electrons. The second-order valence-electron chi connectivity index (χ2n) is 4.55. The van der Waals surface area contributed by atoms with Gasteiger partial charge in [-0.25, -0.2) is 12.7 Å². The summed E-state index contributed by atoms with van der Waals surface area (Å²) in [5, 5.41) is 10.3. The second-order valence-corrected chi connectivity index (χ2v) is 7.43. The van der Waals surface area contributed by atoms with Gasteiger partial charge in [-0.05, 0) is 24.6 Å². The summed E-state index contributed by atoms with van der Waals surface area (Å²) in [6, 6.07) is 5.93. The van der Waals surface area contributed by atoms with Crippen LogP contribution in [-0.4, -0.2) is 42.4 Å². The van der Waals surface area contributed by atoms with Crippen LogP contribution in [0, 0.1) is 0 Å². The molecule has 1 aromatic heterocycles. The van der Waals surface area contributed by atoms with Crippen molar-refractivity contribution in [1.82, 2.24) is 14.5 Å². The maximum atomic E-state index is 12.4. The zero-order chi connectivity index (χ0) is 16.2. The van der Waals surface area contributed by atoms with Gasteiger partial charge in [0.1, 0.15) is 5.51 Å². The van der Waals surface area contributed by atoms with Crippen molar-refractivity contribution in [2.24, 2.45) is 0 Å². The molecule has 1 aromatic carbocycles. The van der Waals surface area contributed by atoms with Gasteiger partial charge in [-0.3, -0.25) is 10.1 Å². The third kappa shape index (κ3) is 3.67. The number of nitrogens with one attached hydrogen (secondary N) is 1. The summed E-state index contributed by atoms with van der Waals surface area (Å²) in [5.74, 6) is -0.424. The lowest BCUT2D eigenvalue weighted by molar-refractivity contribution is 0.102. The van der Waals surface area contributed by atoms with Crippen LogP contribution in [0.5, 0.6) is 0 Å². The summed E-state index contributed by atoms with van der Waals surface area (Å²) in [6.07, 6.45) is 0.715. The Bertz CT molecular complexity index is 744. The fourth-order valence-corrected chi connectivity index (χ4v) is 3.56. The first-order valence-corrected chi connectivity index (χ1v) is 8.91. The summed E-state index contributed by atoms with van der Waals surface area (Å²) in [5.41, 5.74) is 1.75. The van der Waals surface area contributed by atoms with Gasteiger partial charge in [0.25, 0.3) is 5.91 Å². The Morgan fingerprint density at radius 1 is 1.41 bits per heavy atom. The van der Waals surface area contributed by atoms with E-state index in [2.05, 4.69) is 15.5 Å². The van der Waals surface area contributed by atoms with E-state index in [9.17, 15) is 13.2 Å². The molecular weight excluding hydrogens is 324 g/mol. The predicted octanol–water partition coefficient (Wildman–Crippen LogP) is 1.82. The minimum absolute atomic E-state index is 0.0911. The molecule has 0 saturated carbocycles. The molecule has 0 spiro atoms. The van der Waals surface area contributed by atoms with Crippen LogP contribution in [0.1, 0.15) is 23.7 Å². The van der Waals surface area contributed by atoms with E-state index in [4.69, 9.17) is 0 Å². The van der Waals surface area contributed by atoms with Gasteiger partial charge in [0.2, 0.25) is 15.2 Å². The van der Waals surface area contributed by atoms with Gasteiger partial charge in [-0.1, -0.05) is 24.3 Å². The third-order valence-corrected chi connectivity index (χ3v) is 5.38. The first-order valence-electron chi connectivity index (χ1n) is 6.59. The molecule has 2 rings (SSSR count). The molecule has 7 nitrogen and oxygen atoms in total. The number of sulfonamides is 1. The van der Waals surface area contributed by atoms with Crippen LogP contribution in [-0.2, 0) is 10.0 Å². The molecule has 1 heterocycles. The van der Waals surface area contributed by atoms with Crippen molar-refractivity contribution in [3.63, 3.8) is 0 Å². The van der Waals surface area contributed by atoms with Crippen molar-refractivity contribution < 1.29 is 13.2 Å². The van der Waals surface area contributed by atoms with Gasteiger partial charge in [0, 0.05) is 19.2 Å². The highest BCUT2D eigenvalue weighted by Crippen LogP contribution is 2.17. The van der Waals surface area contributed by atoms with E-state index >= 15 is 0 Å². The first kappa shape index (κ1) is 16.5. The number of carbonyl (C=O) groups is 1. The molecule has 1 N–H and O–H groups in total. The maximum absolute atomic E-state index is 12.4. The van der Waals surface area contributed by atoms with Crippen LogP contribution in [0.3, 0.4) is 0 Å². The number of hydrogen-bond acceptors (Lipinski definition) is 6. The van der Waals surface area contributed by atoms with Crippen molar-refractivity contribution in [2.75, 3.05) is 18.9 Å². The highest BCUT2D eigenvalue weighted by atomic mass is 32.2. The number of nitrogens with zero attached hydrogens (tertiary/aromatic N) is 3. The summed E-state index contributed by atoms with van der Waals surface area (Å²) in [4.78, 5) is 12.2. The van der Waals surface area contributed by atoms with E-state index in [1.54, 1.807) is 12.1 Å². The fourth-order valence-electron chi connectivity index (χ4n) is 1.81. The van der Waals surface area contributed by atoms with Crippen molar-refractivity contribution in [1.29, 1.82) is 0 Å². The zero-order valence-electron chi connectivity index (χ0n) is 12.2. The number of carbonyl (C=O) groups excluding carboxylic acids is 1.